The Hall–Kier alpha value is -1.76. The number of ether oxygens (including phenoxy) is 1. The van der Waals surface area contributed by atoms with Crippen molar-refractivity contribution in [2.24, 2.45) is 0 Å². The zero-order chi connectivity index (χ0) is 19.9. The van der Waals surface area contributed by atoms with Crippen LogP contribution in [0.5, 0.6) is 0 Å². The van der Waals surface area contributed by atoms with E-state index in [2.05, 4.69) is 47.1 Å². The molecule has 1 fully saturated rings. The first kappa shape index (κ1) is 21.0. The largest absolute Gasteiger partial charge is 0.478 e. The number of benzene rings is 1. The summed E-state index contributed by atoms with van der Waals surface area (Å²) in [7, 11) is 0. The molecule has 0 amide bonds. The van der Waals surface area contributed by atoms with Gasteiger partial charge in [0.15, 0.2) is 0 Å². The zero-order valence-corrected chi connectivity index (χ0v) is 17.6. The van der Waals surface area contributed by atoms with Gasteiger partial charge in [-0.3, -0.25) is 4.90 Å². The normalized spacial score (nSPS) is 21.0. The highest BCUT2D eigenvalue weighted by Gasteiger charge is 2.34. The number of carboxylic acid groups (broad SMARTS) is 1. The fourth-order valence-electron chi connectivity index (χ4n) is 3.86. The van der Waals surface area contributed by atoms with Crippen molar-refractivity contribution in [2.45, 2.75) is 32.9 Å². The van der Waals surface area contributed by atoms with Gasteiger partial charge in [0.25, 0.3) is 0 Å². The van der Waals surface area contributed by atoms with E-state index in [1.807, 2.05) is 13.0 Å². The first-order chi connectivity index (χ1) is 13.6. The van der Waals surface area contributed by atoms with E-state index in [0.29, 0.717) is 5.57 Å². The number of hydrogen-bond donors (Lipinski definition) is 1. The molecule has 1 unspecified atom stereocenters. The van der Waals surface area contributed by atoms with Gasteiger partial charge in [0.2, 0.25) is 0 Å². The molecule has 0 saturated carbocycles. The van der Waals surface area contributed by atoms with Crippen LogP contribution in [-0.4, -0.2) is 65.6 Å². The average molecular weight is 403 g/mol. The molecule has 0 radical (unpaired) electrons. The fraction of sp³-hybridized carbons (Fsp3) is 0.500. The van der Waals surface area contributed by atoms with E-state index in [9.17, 15) is 9.90 Å². The smallest absolute Gasteiger partial charge is 0.338 e. The standard InChI is InChI=1S/C22H30N2O3S/c1-3-28-21-20(22(25)26)17(2)16-19(23-12-14-27-15-13-23)24(21)11-7-10-18-8-5-4-6-9-18/h4-6,8-9,16,19H,3,7,10-15H2,1-2H3,(H,25,26). The lowest BCUT2D eigenvalue weighted by molar-refractivity contribution is -0.132. The van der Waals surface area contributed by atoms with Gasteiger partial charge in [-0.05, 0) is 42.7 Å². The van der Waals surface area contributed by atoms with Crippen molar-refractivity contribution < 1.29 is 14.6 Å². The van der Waals surface area contributed by atoms with Crippen LogP contribution >= 0.6 is 11.8 Å². The molecule has 2 heterocycles. The maximum atomic E-state index is 12.0. The lowest BCUT2D eigenvalue weighted by Gasteiger charge is -2.44. The molecular weight excluding hydrogens is 372 g/mol. The molecule has 0 spiro atoms. The van der Waals surface area contributed by atoms with E-state index >= 15 is 0 Å². The van der Waals surface area contributed by atoms with Crippen LogP contribution in [-0.2, 0) is 16.0 Å². The fourth-order valence-corrected chi connectivity index (χ4v) is 4.89. The SMILES string of the molecule is CCSC1=C(C(=O)O)C(C)=CC(N2CCOCC2)N1CCCc1ccccc1. The number of morpholine rings is 1. The summed E-state index contributed by atoms with van der Waals surface area (Å²) in [5.41, 5.74) is 2.64. The summed E-state index contributed by atoms with van der Waals surface area (Å²) >= 11 is 1.64. The number of aliphatic carboxylic acids is 1. The number of rotatable bonds is 8. The third-order valence-corrected chi connectivity index (χ3v) is 6.21. The molecule has 1 aromatic rings. The number of aryl methyl sites for hydroxylation is 1. The Balaban J connectivity index is 1.84. The van der Waals surface area contributed by atoms with Crippen LogP contribution in [0.15, 0.2) is 52.6 Å². The monoisotopic (exact) mass is 402 g/mol. The number of hydrogen-bond acceptors (Lipinski definition) is 5. The summed E-state index contributed by atoms with van der Waals surface area (Å²) in [6.07, 6.45) is 4.19. The van der Waals surface area contributed by atoms with Crippen LogP contribution in [0, 0.1) is 0 Å². The summed E-state index contributed by atoms with van der Waals surface area (Å²) in [6, 6.07) is 10.5. The topological polar surface area (TPSA) is 53.0 Å². The summed E-state index contributed by atoms with van der Waals surface area (Å²) < 4.78 is 5.53. The molecule has 28 heavy (non-hydrogen) atoms. The van der Waals surface area contributed by atoms with Crippen molar-refractivity contribution >= 4 is 17.7 Å². The van der Waals surface area contributed by atoms with Gasteiger partial charge in [-0.15, -0.1) is 11.8 Å². The maximum absolute atomic E-state index is 12.0. The number of carboxylic acids is 1. The molecule has 3 rings (SSSR count). The molecule has 1 N–H and O–H groups in total. The van der Waals surface area contributed by atoms with E-state index in [-0.39, 0.29) is 6.17 Å². The molecule has 1 saturated heterocycles. The summed E-state index contributed by atoms with van der Waals surface area (Å²) in [4.78, 5) is 16.7. The quantitative estimate of drug-likeness (QED) is 0.717. The minimum Gasteiger partial charge on any atom is -0.478 e. The van der Waals surface area contributed by atoms with Gasteiger partial charge >= 0.3 is 5.97 Å². The molecule has 2 aliphatic rings. The summed E-state index contributed by atoms with van der Waals surface area (Å²) in [5.74, 6) is 0.0166. The molecule has 1 aromatic carbocycles. The van der Waals surface area contributed by atoms with E-state index in [0.717, 1.165) is 62.0 Å². The Labute approximate surface area is 172 Å². The van der Waals surface area contributed by atoms with Crippen LogP contribution in [0.1, 0.15) is 25.8 Å². The highest BCUT2D eigenvalue weighted by atomic mass is 32.2. The second kappa shape index (κ2) is 10.1. The van der Waals surface area contributed by atoms with Crippen molar-refractivity contribution in [3.63, 3.8) is 0 Å². The van der Waals surface area contributed by atoms with E-state index in [1.165, 1.54) is 5.56 Å². The number of carbonyl (C=O) groups is 1. The lowest BCUT2D eigenvalue weighted by Crippen LogP contribution is -2.52. The molecule has 0 aliphatic carbocycles. The van der Waals surface area contributed by atoms with E-state index < -0.39 is 5.97 Å². The minimum absolute atomic E-state index is 0.0943. The van der Waals surface area contributed by atoms with Gasteiger partial charge < -0.3 is 14.7 Å². The molecule has 6 heteroatoms. The Bertz CT molecular complexity index is 727. The maximum Gasteiger partial charge on any atom is 0.338 e. The van der Waals surface area contributed by atoms with Crippen LogP contribution < -0.4 is 0 Å². The molecule has 5 nitrogen and oxygen atoms in total. The van der Waals surface area contributed by atoms with Gasteiger partial charge in [-0.25, -0.2) is 4.79 Å². The van der Waals surface area contributed by atoms with Gasteiger partial charge in [0, 0.05) is 19.6 Å². The molecular formula is C22H30N2O3S. The second-order valence-electron chi connectivity index (χ2n) is 7.11. The Morgan fingerprint density at radius 3 is 2.61 bits per heavy atom. The highest BCUT2D eigenvalue weighted by Crippen LogP contribution is 2.36. The third kappa shape index (κ3) is 4.99. The molecule has 1 atom stereocenters. The van der Waals surface area contributed by atoms with Crippen molar-refractivity contribution in [3.8, 4) is 0 Å². The molecule has 152 valence electrons. The van der Waals surface area contributed by atoms with Crippen molar-refractivity contribution in [1.29, 1.82) is 0 Å². The Morgan fingerprint density at radius 2 is 1.96 bits per heavy atom. The van der Waals surface area contributed by atoms with Gasteiger partial charge in [-0.1, -0.05) is 37.3 Å². The molecule has 2 aliphatic heterocycles. The summed E-state index contributed by atoms with van der Waals surface area (Å²) in [6.45, 7) is 8.04. The summed E-state index contributed by atoms with van der Waals surface area (Å²) in [5, 5.41) is 10.8. The molecule has 0 aromatic heterocycles. The van der Waals surface area contributed by atoms with Crippen LogP contribution in [0.25, 0.3) is 0 Å². The van der Waals surface area contributed by atoms with Crippen molar-refractivity contribution in [3.05, 3.63) is 58.1 Å². The lowest BCUT2D eigenvalue weighted by atomic mass is 10.0. The predicted molar refractivity (Wildman–Crippen MR) is 114 cm³/mol. The number of thioether (sulfide) groups is 1. The number of nitrogens with zero attached hydrogens (tertiary/aromatic N) is 2. The first-order valence-electron chi connectivity index (χ1n) is 10.0. The zero-order valence-electron chi connectivity index (χ0n) is 16.8. The third-order valence-electron chi connectivity index (χ3n) is 5.21. The molecule has 0 bridgehead atoms. The predicted octanol–water partition coefficient (Wildman–Crippen LogP) is 3.59. The van der Waals surface area contributed by atoms with Crippen LogP contribution in [0.2, 0.25) is 0 Å². The minimum atomic E-state index is -0.835. The Morgan fingerprint density at radius 1 is 1.25 bits per heavy atom. The van der Waals surface area contributed by atoms with Gasteiger partial charge in [0.05, 0.1) is 23.8 Å². The Kier molecular flexibility index (Phi) is 7.59. The average Bonchev–Trinajstić information content (AvgIpc) is 2.70. The second-order valence-corrected chi connectivity index (χ2v) is 8.37. The van der Waals surface area contributed by atoms with Gasteiger partial charge in [-0.2, -0.15) is 0 Å². The van der Waals surface area contributed by atoms with Crippen molar-refractivity contribution in [2.75, 3.05) is 38.6 Å². The first-order valence-corrected chi connectivity index (χ1v) is 11.0. The van der Waals surface area contributed by atoms with Crippen LogP contribution in [0.4, 0.5) is 0 Å². The van der Waals surface area contributed by atoms with E-state index in [4.69, 9.17) is 4.74 Å². The van der Waals surface area contributed by atoms with Crippen LogP contribution in [0.3, 0.4) is 0 Å². The van der Waals surface area contributed by atoms with Gasteiger partial charge in [0.1, 0.15) is 6.17 Å². The van der Waals surface area contributed by atoms with Crippen molar-refractivity contribution in [1.82, 2.24) is 9.80 Å². The highest BCUT2D eigenvalue weighted by molar-refractivity contribution is 8.03. The van der Waals surface area contributed by atoms with E-state index in [1.54, 1.807) is 11.8 Å².